The molecule has 0 spiro atoms. The monoisotopic (exact) mass is 194 g/mol. The highest BCUT2D eigenvalue weighted by Gasteiger charge is 2.02. The average molecular weight is 195 g/mol. The Morgan fingerprint density at radius 2 is 2.23 bits per heavy atom. The number of halogens is 1. The minimum Gasteiger partial charge on any atom is -0.398 e. The molecule has 3 N–H and O–H groups in total. The van der Waals surface area contributed by atoms with Gasteiger partial charge in [-0.1, -0.05) is 11.6 Å². The van der Waals surface area contributed by atoms with E-state index in [0.717, 1.165) is 5.56 Å². The first kappa shape index (κ1) is 8.07. The number of hydrogen-bond donors (Lipinski definition) is 2. The molecule has 0 fully saturated rings. The Morgan fingerprint density at radius 3 is 2.85 bits per heavy atom. The second-order valence-electron chi connectivity index (χ2n) is 2.57. The number of hydrogen-bond acceptors (Lipinski definition) is 3. The van der Waals surface area contributed by atoms with E-state index in [2.05, 4.69) is 15.2 Å². The molecule has 0 saturated heterocycles. The molecule has 0 bridgehead atoms. The van der Waals surface area contributed by atoms with Crippen molar-refractivity contribution in [2.24, 2.45) is 0 Å². The standard InChI is InChI=1S/C8H7ClN4/c9-6-2-1-5(3-7(6)10)8-11-4-12-13-8/h1-4H,10H2,(H,11,12,13). The molecule has 0 aliphatic rings. The first-order valence-corrected chi connectivity index (χ1v) is 4.06. The van der Waals surface area contributed by atoms with Crippen LogP contribution < -0.4 is 5.73 Å². The SMILES string of the molecule is Nc1cc(-c2ncn[nH]2)ccc1Cl. The van der Waals surface area contributed by atoms with Crippen molar-refractivity contribution in [2.75, 3.05) is 5.73 Å². The van der Waals surface area contributed by atoms with Crippen LogP contribution >= 0.6 is 11.6 Å². The number of aromatic amines is 1. The molecule has 1 aromatic heterocycles. The number of H-pyrrole nitrogens is 1. The van der Waals surface area contributed by atoms with Gasteiger partial charge in [0, 0.05) is 5.56 Å². The van der Waals surface area contributed by atoms with Crippen LogP contribution in [-0.2, 0) is 0 Å². The summed E-state index contributed by atoms with van der Waals surface area (Å²) >= 11 is 5.77. The molecule has 0 radical (unpaired) electrons. The van der Waals surface area contributed by atoms with Crippen LogP contribution in [0.2, 0.25) is 5.02 Å². The van der Waals surface area contributed by atoms with Crippen LogP contribution in [0.25, 0.3) is 11.4 Å². The molecule has 66 valence electrons. The zero-order valence-electron chi connectivity index (χ0n) is 6.66. The van der Waals surface area contributed by atoms with E-state index < -0.39 is 0 Å². The van der Waals surface area contributed by atoms with Gasteiger partial charge in [-0.2, -0.15) is 5.10 Å². The van der Waals surface area contributed by atoms with Crippen LogP contribution in [0.5, 0.6) is 0 Å². The van der Waals surface area contributed by atoms with Crippen molar-refractivity contribution in [1.29, 1.82) is 0 Å². The van der Waals surface area contributed by atoms with Crippen LogP contribution in [-0.4, -0.2) is 15.2 Å². The molecule has 0 amide bonds. The zero-order chi connectivity index (χ0) is 9.26. The number of benzene rings is 1. The highest BCUT2D eigenvalue weighted by Crippen LogP contribution is 2.23. The summed E-state index contributed by atoms with van der Waals surface area (Å²) in [7, 11) is 0. The fourth-order valence-electron chi connectivity index (χ4n) is 1.04. The Hall–Kier alpha value is -1.55. The van der Waals surface area contributed by atoms with Gasteiger partial charge in [0.25, 0.3) is 0 Å². The molecule has 0 aliphatic carbocycles. The van der Waals surface area contributed by atoms with E-state index in [9.17, 15) is 0 Å². The maximum atomic E-state index is 5.77. The van der Waals surface area contributed by atoms with E-state index in [0.29, 0.717) is 16.5 Å². The number of nitrogen functional groups attached to an aromatic ring is 1. The second-order valence-corrected chi connectivity index (χ2v) is 2.98. The third-order valence-electron chi connectivity index (χ3n) is 1.68. The summed E-state index contributed by atoms with van der Waals surface area (Å²) in [4.78, 5) is 3.99. The fraction of sp³-hybridized carbons (Fsp3) is 0. The van der Waals surface area contributed by atoms with Crippen molar-refractivity contribution in [2.45, 2.75) is 0 Å². The summed E-state index contributed by atoms with van der Waals surface area (Å²) in [5, 5.41) is 7.03. The number of anilines is 1. The van der Waals surface area contributed by atoms with Gasteiger partial charge in [-0.15, -0.1) is 0 Å². The Kier molecular flexibility index (Phi) is 1.90. The van der Waals surface area contributed by atoms with E-state index in [1.165, 1.54) is 6.33 Å². The quantitative estimate of drug-likeness (QED) is 0.679. The summed E-state index contributed by atoms with van der Waals surface area (Å²) in [5.74, 6) is 0.684. The Morgan fingerprint density at radius 1 is 1.38 bits per heavy atom. The van der Waals surface area contributed by atoms with E-state index in [1.807, 2.05) is 6.07 Å². The highest BCUT2D eigenvalue weighted by molar-refractivity contribution is 6.33. The van der Waals surface area contributed by atoms with Gasteiger partial charge in [-0.25, -0.2) is 4.98 Å². The highest BCUT2D eigenvalue weighted by atomic mass is 35.5. The molecule has 2 rings (SSSR count). The lowest BCUT2D eigenvalue weighted by Crippen LogP contribution is -1.88. The first-order chi connectivity index (χ1) is 6.27. The number of nitrogens with two attached hydrogens (primary N) is 1. The van der Waals surface area contributed by atoms with Gasteiger partial charge in [0.15, 0.2) is 5.82 Å². The molecule has 2 aromatic rings. The molecular weight excluding hydrogens is 188 g/mol. The Labute approximate surface area is 79.7 Å². The van der Waals surface area contributed by atoms with Crippen LogP contribution in [0, 0.1) is 0 Å². The lowest BCUT2D eigenvalue weighted by atomic mass is 10.2. The fourth-order valence-corrected chi connectivity index (χ4v) is 1.15. The van der Waals surface area contributed by atoms with Gasteiger partial charge in [0.2, 0.25) is 0 Å². The molecule has 0 atom stereocenters. The van der Waals surface area contributed by atoms with Crippen molar-refractivity contribution in [3.63, 3.8) is 0 Å². The van der Waals surface area contributed by atoms with Crippen molar-refractivity contribution in [1.82, 2.24) is 15.2 Å². The topological polar surface area (TPSA) is 67.6 Å². The molecule has 5 heteroatoms. The van der Waals surface area contributed by atoms with Gasteiger partial charge >= 0.3 is 0 Å². The van der Waals surface area contributed by atoms with Crippen LogP contribution in [0.4, 0.5) is 5.69 Å². The minimum atomic E-state index is 0.538. The Balaban J connectivity index is 2.49. The van der Waals surface area contributed by atoms with Crippen LogP contribution in [0.3, 0.4) is 0 Å². The molecular formula is C8H7ClN4. The van der Waals surface area contributed by atoms with E-state index in [-0.39, 0.29) is 0 Å². The van der Waals surface area contributed by atoms with E-state index in [4.69, 9.17) is 17.3 Å². The molecule has 1 aromatic carbocycles. The summed E-state index contributed by atoms with van der Waals surface area (Å²) < 4.78 is 0. The zero-order valence-corrected chi connectivity index (χ0v) is 7.42. The van der Waals surface area contributed by atoms with Crippen LogP contribution in [0.1, 0.15) is 0 Å². The normalized spacial score (nSPS) is 10.2. The summed E-state index contributed by atoms with van der Waals surface area (Å²) in [5.41, 5.74) is 7.04. The van der Waals surface area contributed by atoms with Gasteiger partial charge < -0.3 is 5.73 Å². The van der Waals surface area contributed by atoms with Crippen molar-refractivity contribution < 1.29 is 0 Å². The van der Waals surface area contributed by atoms with Gasteiger partial charge in [-0.05, 0) is 18.2 Å². The molecule has 4 nitrogen and oxygen atoms in total. The third kappa shape index (κ3) is 1.48. The molecule has 1 heterocycles. The average Bonchev–Trinajstić information content (AvgIpc) is 2.62. The number of nitrogens with one attached hydrogen (secondary N) is 1. The summed E-state index contributed by atoms with van der Waals surface area (Å²) in [6.07, 6.45) is 1.44. The smallest absolute Gasteiger partial charge is 0.155 e. The predicted octanol–water partition coefficient (Wildman–Crippen LogP) is 1.71. The van der Waals surface area contributed by atoms with Gasteiger partial charge in [0.1, 0.15) is 6.33 Å². The summed E-state index contributed by atoms with van der Waals surface area (Å²) in [6.45, 7) is 0. The largest absolute Gasteiger partial charge is 0.398 e. The Bertz CT molecular complexity index is 410. The number of aromatic nitrogens is 3. The number of nitrogens with zero attached hydrogens (tertiary/aromatic N) is 2. The summed E-state index contributed by atoms with van der Waals surface area (Å²) in [6, 6.07) is 5.32. The van der Waals surface area contributed by atoms with Crippen LogP contribution in [0.15, 0.2) is 24.5 Å². The van der Waals surface area contributed by atoms with Crippen molar-refractivity contribution in [3.8, 4) is 11.4 Å². The number of rotatable bonds is 1. The second kappa shape index (κ2) is 3.06. The molecule has 0 saturated carbocycles. The predicted molar refractivity (Wildman–Crippen MR) is 51.2 cm³/mol. The lowest BCUT2D eigenvalue weighted by molar-refractivity contribution is 1.10. The van der Waals surface area contributed by atoms with E-state index in [1.54, 1.807) is 12.1 Å². The molecule has 0 unspecified atom stereocenters. The van der Waals surface area contributed by atoms with E-state index >= 15 is 0 Å². The first-order valence-electron chi connectivity index (χ1n) is 3.68. The minimum absolute atomic E-state index is 0.538. The molecule has 0 aliphatic heterocycles. The third-order valence-corrected chi connectivity index (χ3v) is 2.03. The maximum absolute atomic E-state index is 5.77. The van der Waals surface area contributed by atoms with Gasteiger partial charge in [-0.3, -0.25) is 5.10 Å². The molecule has 13 heavy (non-hydrogen) atoms. The lowest BCUT2D eigenvalue weighted by Gasteiger charge is -1.99. The van der Waals surface area contributed by atoms with Crippen molar-refractivity contribution >= 4 is 17.3 Å². The van der Waals surface area contributed by atoms with Crippen molar-refractivity contribution in [3.05, 3.63) is 29.5 Å². The maximum Gasteiger partial charge on any atom is 0.155 e. The van der Waals surface area contributed by atoms with Gasteiger partial charge in [0.05, 0.1) is 10.7 Å².